The number of aryl methyl sites for hydroxylation is 3. The Morgan fingerprint density at radius 3 is 2.41 bits per heavy atom. The number of nitrogens with zero attached hydrogens (tertiary/aromatic N) is 3. The molecule has 1 amide bonds. The van der Waals surface area contributed by atoms with Crippen LogP contribution < -0.4 is 20.3 Å². The number of anilines is 2. The van der Waals surface area contributed by atoms with Gasteiger partial charge in [0.1, 0.15) is 5.75 Å². The minimum atomic E-state index is -0.230. The standard InChI is InChI=1S/C36H35N5O2S/c1-23-13-14-24(2)32(20-23)40-25(3)21-30(26(40)4)35-34(31-12-8-9-19-37-31)39-36(44)41(35)28-17-15-27(16-18-28)38-33(42)22-43-29-10-6-5-7-11-29/h5-21,34-35H,22H2,1-4H3,(H,38,42)(H,39,44). The number of benzene rings is 3. The highest BCUT2D eigenvalue weighted by Crippen LogP contribution is 2.44. The third kappa shape index (κ3) is 5.81. The van der Waals surface area contributed by atoms with Gasteiger partial charge in [-0.1, -0.05) is 36.4 Å². The molecule has 2 atom stereocenters. The maximum Gasteiger partial charge on any atom is 0.262 e. The second-order valence-corrected chi connectivity index (χ2v) is 11.5. The zero-order valence-electron chi connectivity index (χ0n) is 25.2. The van der Waals surface area contributed by atoms with Crippen LogP contribution in [-0.4, -0.2) is 27.2 Å². The summed E-state index contributed by atoms with van der Waals surface area (Å²) in [6, 6.07) is 31.5. The first-order valence-corrected chi connectivity index (χ1v) is 15.1. The van der Waals surface area contributed by atoms with Crippen LogP contribution in [0.3, 0.4) is 0 Å². The highest BCUT2D eigenvalue weighted by Gasteiger charge is 2.42. The molecule has 7 nitrogen and oxygen atoms in total. The molecule has 2 unspecified atom stereocenters. The normalized spacial score (nSPS) is 16.1. The minimum Gasteiger partial charge on any atom is -0.484 e. The number of carbonyl (C=O) groups excluding carboxylic acids is 1. The molecule has 0 radical (unpaired) electrons. The van der Waals surface area contributed by atoms with Gasteiger partial charge in [-0.15, -0.1) is 0 Å². The van der Waals surface area contributed by atoms with Crippen molar-refractivity contribution in [2.45, 2.75) is 39.8 Å². The van der Waals surface area contributed by atoms with Crippen LogP contribution >= 0.6 is 12.2 Å². The Labute approximate surface area is 263 Å². The third-order valence-electron chi connectivity index (χ3n) is 8.03. The van der Waals surface area contributed by atoms with E-state index in [0.29, 0.717) is 16.5 Å². The van der Waals surface area contributed by atoms with Crippen molar-refractivity contribution in [3.05, 3.63) is 137 Å². The fourth-order valence-corrected chi connectivity index (χ4v) is 6.28. The Morgan fingerprint density at radius 1 is 0.932 bits per heavy atom. The van der Waals surface area contributed by atoms with E-state index >= 15 is 0 Å². The van der Waals surface area contributed by atoms with Crippen molar-refractivity contribution < 1.29 is 9.53 Å². The minimum absolute atomic E-state index is 0.0737. The molecule has 2 N–H and O–H groups in total. The Morgan fingerprint density at radius 2 is 1.68 bits per heavy atom. The van der Waals surface area contributed by atoms with Crippen molar-refractivity contribution in [2.75, 3.05) is 16.8 Å². The van der Waals surface area contributed by atoms with Crippen molar-refractivity contribution in [2.24, 2.45) is 0 Å². The van der Waals surface area contributed by atoms with Crippen molar-refractivity contribution in [3.63, 3.8) is 0 Å². The quantitative estimate of drug-likeness (QED) is 0.182. The molecular formula is C36H35N5O2S. The topological polar surface area (TPSA) is 71.4 Å². The Bertz CT molecular complexity index is 1800. The van der Waals surface area contributed by atoms with E-state index in [-0.39, 0.29) is 24.6 Å². The van der Waals surface area contributed by atoms with E-state index in [1.54, 1.807) is 0 Å². The van der Waals surface area contributed by atoms with Gasteiger partial charge in [0.15, 0.2) is 11.7 Å². The number of rotatable bonds is 8. The first kappa shape index (κ1) is 29.1. The predicted molar refractivity (Wildman–Crippen MR) is 180 cm³/mol. The highest BCUT2D eigenvalue weighted by molar-refractivity contribution is 7.80. The number of nitrogens with one attached hydrogen (secondary N) is 2. The molecule has 0 spiro atoms. The number of amides is 1. The number of aromatic nitrogens is 2. The summed E-state index contributed by atoms with van der Waals surface area (Å²) in [7, 11) is 0. The zero-order valence-corrected chi connectivity index (χ0v) is 26.1. The van der Waals surface area contributed by atoms with Gasteiger partial charge >= 0.3 is 0 Å². The summed E-state index contributed by atoms with van der Waals surface area (Å²) in [6.07, 6.45) is 1.82. The molecule has 222 valence electrons. The molecule has 1 aliphatic heterocycles. The van der Waals surface area contributed by atoms with Crippen LogP contribution in [-0.2, 0) is 4.79 Å². The number of thiocarbonyl (C=S) groups is 1. The summed E-state index contributed by atoms with van der Waals surface area (Å²) in [5, 5.41) is 7.10. The maximum absolute atomic E-state index is 12.6. The van der Waals surface area contributed by atoms with Crippen LogP contribution in [0.4, 0.5) is 11.4 Å². The summed E-state index contributed by atoms with van der Waals surface area (Å²) < 4.78 is 7.93. The Kier molecular flexibility index (Phi) is 8.17. The summed E-state index contributed by atoms with van der Waals surface area (Å²) in [5.41, 5.74) is 9.60. The van der Waals surface area contributed by atoms with E-state index in [4.69, 9.17) is 21.9 Å². The van der Waals surface area contributed by atoms with Gasteiger partial charge in [0.2, 0.25) is 0 Å². The summed E-state index contributed by atoms with van der Waals surface area (Å²) in [5.74, 6) is 0.422. The second kappa shape index (κ2) is 12.3. The third-order valence-corrected chi connectivity index (χ3v) is 8.35. The summed E-state index contributed by atoms with van der Waals surface area (Å²) in [6.45, 7) is 8.53. The van der Waals surface area contributed by atoms with Crippen LogP contribution in [0.15, 0.2) is 103 Å². The highest BCUT2D eigenvalue weighted by atomic mass is 32.1. The first-order valence-electron chi connectivity index (χ1n) is 14.6. The first-order chi connectivity index (χ1) is 21.3. The van der Waals surface area contributed by atoms with Gasteiger partial charge in [0, 0.05) is 34.6 Å². The van der Waals surface area contributed by atoms with Crippen LogP contribution in [0.25, 0.3) is 5.69 Å². The molecule has 0 aliphatic carbocycles. The number of ether oxygens (including phenoxy) is 1. The lowest BCUT2D eigenvalue weighted by Crippen LogP contribution is -2.29. The fourth-order valence-electron chi connectivity index (χ4n) is 5.94. The van der Waals surface area contributed by atoms with E-state index < -0.39 is 0 Å². The molecule has 0 saturated carbocycles. The van der Waals surface area contributed by atoms with Crippen LogP contribution in [0.1, 0.15) is 45.9 Å². The molecule has 5 aromatic rings. The number of carbonyl (C=O) groups is 1. The monoisotopic (exact) mass is 601 g/mol. The number of hydrogen-bond donors (Lipinski definition) is 2. The van der Waals surface area contributed by atoms with Gasteiger partial charge in [-0.2, -0.15) is 0 Å². The van der Waals surface area contributed by atoms with Crippen molar-refractivity contribution in [3.8, 4) is 11.4 Å². The van der Waals surface area contributed by atoms with Crippen molar-refractivity contribution >= 4 is 34.6 Å². The second-order valence-electron chi connectivity index (χ2n) is 11.1. The molecule has 2 aromatic heterocycles. The van der Waals surface area contributed by atoms with Gasteiger partial charge in [0.25, 0.3) is 5.91 Å². The van der Waals surface area contributed by atoms with Gasteiger partial charge in [-0.05, 0) is 117 Å². The largest absolute Gasteiger partial charge is 0.484 e. The predicted octanol–water partition coefficient (Wildman–Crippen LogP) is 7.30. The van der Waals surface area contributed by atoms with Gasteiger partial charge in [0.05, 0.1) is 17.8 Å². The molecule has 3 heterocycles. The van der Waals surface area contributed by atoms with E-state index in [2.05, 4.69) is 72.1 Å². The molecule has 8 heteroatoms. The van der Waals surface area contributed by atoms with Crippen molar-refractivity contribution in [1.29, 1.82) is 0 Å². The fraction of sp³-hybridized carbons (Fsp3) is 0.194. The molecule has 6 rings (SSSR count). The smallest absolute Gasteiger partial charge is 0.262 e. The summed E-state index contributed by atoms with van der Waals surface area (Å²) in [4.78, 5) is 19.4. The van der Waals surface area contributed by atoms with Crippen molar-refractivity contribution in [1.82, 2.24) is 14.9 Å². The van der Waals surface area contributed by atoms with Gasteiger partial charge in [-0.3, -0.25) is 9.78 Å². The summed E-state index contributed by atoms with van der Waals surface area (Å²) >= 11 is 5.97. The van der Waals surface area contributed by atoms with E-state index in [9.17, 15) is 4.79 Å². The molecule has 1 aliphatic rings. The molecular weight excluding hydrogens is 566 g/mol. The average molecular weight is 602 g/mol. The van der Waals surface area contributed by atoms with Crippen LogP contribution in [0.2, 0.25) is 0 Å². The molecule has 1 fully saturated rings. The Balaban J connectivity index is 1.32. The molecule has 3 aromatic carbocycles. The lowest BCUT2D eigenvalue weighted by Gasteiger charge is -2.28. The van der Waals surface area contributed by atoms with E-state index in [0.717, 1.165) is 22.8 Å². The molecule has 0 bridgehead atoms. The molecule has 44 heavy (non-hydrogen) atoms. The van der Waals surface area contributed by atoms with E-state index in [1.165, 1.54) is 22.4 Å². The number of hydrogen-bond acceptors (Lipinski definition) is 4. The van der Waals surface area contributed by atoms with Crippen LogP contribution in [0.5, 0.6) is 5.75 Å². The SMILES string of the molecule is Cc1ccc(C)c(-n2c(C)cc(C3C(c4ccccn4)NC(=S)N3c3ccc(NC(=O)COc4ccccc4)cc3)c2C)c1. The van der Waals surface area contributed by atoms with E-state index in [1.807, 2.05) is 79.0 Å². The zero-order chi connectivity index (χ0) is 30.8. The number of para-hydroxylation sites is 1. The number of pyridine rings is 1. The molecule has 1 saturated heterocycles. The Hall–Kier alpha value is -4.95. The van der Waals surface area contributed by atoms with Gasteiger partial charge in [-0.25, -0.2) is 0 Å². The maximum atomic E-state index is 12.6. The van der Waals surface area contributed by atoms with Gasteiger partial charge < -0.3 is 24.8 Å². The lowest BCUT2D eigenvalue weighted by atomic mass is 9.96. The van der Waals surface area contributed by atoms with Crippen LogP contribution in [0, 0.1) is 27.7 Å². The average Bonchev–Trinajstić information content (AvgIpc) is 3.53. The lowest BCUT2D eigenvalue weighted by molar-refractivity contribution is -0.118.